The number of fused-ring (bicyclic) bond motifs is 2. The van der Waals surface area contributed by atoms with E-state index in [1.54, 1.807) is 0 Å². The van der Waals surface area contributed by atoms with Crippen molar-refractivity contribution in [3.63, 3.8) is 0 Å². The van der Waals surface area contributed by atoms with Crippen LogP contribution in [0.1, 0.15) is 24.8 Å². The van der Waals surface area contributed by atoms with E-state index in [9.17, 15) is 4.79 Å². The van der Waals surface area contributed by atoms with Crippen molar-refractivity contribution in [2.45, 2.75) is 31.7 Å². The molecular formula is C28H35N5O3. The van der Waals surface area contributed by atoms with Gasteiger partial charge in [0.25, 0.3) is 0 Å². The molecule has 36 heavy (non-hydrogen) atoms. The molecule has 0 aliphatic carbocycles. The van der Waals surface area contributed by atoms with Gasteiger partial charge in [-0.15, -0.1) is 0 Å². The molecule has 3 aromatic rings. The molecule has 1 aromatic heterocycles. The fraction of sp³-hybridized carbons (Fsp3) is 0.500. The zero-order chi connectivity index (χ0) is 24.5. The number of benzene rings is 2. The van der Waals surface area contributed by atoms with Gasteiger partial charge in [0.2, 0.25) is 5.91 Å². The third kappa shape index (κ3) is 4.87. The first-order valence-corrected chi connectivity index (χ1v) is 13.2. The van der Waals surface area contributed by atoms with E-state index in [1.165, 1.54) is 18.4 Å². The number of carbonyl (C=O) groups is 1. The van der Waals surface area contributed by atoms with Gasteiger partial charge >= 0.3 is 0 Å². The number of hydrogen-bond donors (Lipinski definition) is 1. The first kappa shape index (κ1) is 23.2. The number of ether oxygens (including phenoxy) is 2. The highest BCUT2D eigenvalue weighted by atomic mass is 16.6. The van der Waals surface area contributed by atoms with Crippen molar-refractivity contribution in [3.8, 4) is 11.5 Å². The van der Waals surface area contributed by atoms with E-state index in [1.807, 2.05) is 24.0 Å². The molecule has 1 amide bonds. The largest absolute Gasteiger partial charge is 0.486 e. The highest BCUT2D eigenvalue weighted by Gasteiger charge is 2.31. The van der Waals surface area contributed by atoms with Crippen LogP contribution in [-0.2, 0) is 18.3 Å². The lowest BCUT2D eigenvalue weighted by atomic mass is 10.0. The second-order valence-corrected chi connectivity index (χ2v) is 10.3. The summed E-state index contributed by atoms with van der Waals surface area (Å²) in [5, 5.41) is 8.92. The normalized spacial score (nSPS) is 20.7. The van der Waals surface area contributed by atoms with Gasteiger partial charge in [-0.25, -0.2) is 0 Å². The van der Waals surface area contributed by atoms with Gasteiger partial charge in [0.15, 0.2) is 11.5 Å². The predicted molar refractivity (Wildman–Crippen MR) is 140 cm³/mol. The maximum Gasteiger partial charge on any atom is 0.225 e. The van der Waals surface area contributed by atoms with Crippen molar-refractivity contribution in [2.75, 3.05) is 50.8 Å². The molecule has 0 bridgehead atoms. The van der Waals surface area contributed by atoms with Crippen LogP contribution in [0.4, 0.5) is 5.69 Å². The maximum atomic E-state index is 13.4. The number of hydrogen-bond acceptors (Lipinski definition) is 6. The lowest BCUT2D eigenvalue weighted by molar-refractivity contribution is -0.125. The third-order valence-electron chi connectivity index (χ3n) is 7.77. The molecular weight excluding hydrogens is 454 g/mol. The summed E-state index contributed by atoms with van der Waals surface area (Å²) in [5.74, 6) is 1.77. The van der Waals surface area contributed by atoms with Gasteiger partial charge in [0.05, 0.1) is 17.6 Å². The molecule has 2 atom stereocenters. The molecule has 0 saturated carbocycles. The summed E-state index contributed by atoms with van der Waals surface area (Å²) in [5.41, 5.74) is 3.44. The van der Waals surface area contributed by atoms with Crippen LogP contribution in [-0.4, -0.2) is 72.6 Å². The van der Waals surface area contributed by atoms with Crippen molar-refractivity contribution in [3.05, 3.63) is 48.2 Å². The minimum atomic E-state index is -0.00595. The van der Waals surface area contributed by atoms with Crippen molar-refractivity contribution in [1.29, 1.82) is 0 Å². The first-order chi connectivity index (χ1) is 17.6. The molecule has 2 saturated heterocycles. The van der Waals surface area contributed by atoms with Crippen molar-refractivity contribution < 1.29 is 14.3 Å². The number of rotatable bonds is 7. The number of amides is 1. The second-order valence-electron chi connectivity index (χ2n) is 10.3. The topological polar surface area (TPSA) is 71.9 Å². The van der Waals surface area contributed by atoms with Gasteiger partial charge in [-0.1, -0.05) is 6.07 Å². The van der Waals surface area contributed by atoms with Crippen LogP contribution in [0.5, 0.6) is 11.5 Å². The van der Waals surface area contributed by atoms with Gasteiger partial charge in [-0.2, -0.15) is 5.10 Å². The summed E-state index contributed by atoms with van der Waals surface area (Å²) in [7, 11) is 1.97. The number of nitrogens with zero attached hydrogens (tertiary/aromatic N) is 4. The molecule has 2 unspecified atom stereocenters. The Labute approximate surface area is 212 Å². The summed E-state index contributed by atoms with van der Waals surface area (Å²) in [6, 6.07) is 12.7. The predicted octanol–water partition coefficient (Wildman–Crippen LogP) is 2.99. The Hall–Kier alpha value is -3.26. The monoisotopic (exact) mass is 489 g/mol. The number of carbonyl (C=O) groups excluding carboxylic acids is 1. The Morgan fingerprint density at radius 1 is 1.08 bits per heavy atom. The number of likely N-dealkylation sites (tertiary alicyclic amines) is 1. The summed E-state index contributed by atoms with van der Waals surface area (Å²) in [4.78, 5) is 18.2. The van der Waals surface area contributed by atoms with Crippen molar-refractivity contribution >= 4 is 22.5 Å². The molecule has 1 N–H and O–H groups in total. The Morgan fingerprint density at radius 3 is 2.78 bits per heavy atom. The number of aryl methyl sites for hydroxylation is 1. The summed E-state index contributed by atoms with van der Waals surface area (Å²) in [6.07, 6.45) is 6.02. The van der Waals surface area contributed by atoms with Gasteiger partial charge < -0.3 is 24.6 Å². The molecule has 8 heteroatoms. The van der Waals surface area contributed by atoms with E-state index in [2.05, 4.69) is 50.5 Å². The van der Waals surface area contributed by atoms with Crippen molar-refractivity contribution in [1.82, 2.24) is 20.0 Å². The SMILES string of the molecule is Cn1ncc2ccc(N3CCC(C(=O)NC(Cc4ccc5c(c4)OCCO5)CN4CCCC4)C3)cc21. The Morgan fingerprint density at radius 2 is 1.92 bits per heavy atom. The van der Waals surface area contributed by atoms with Crippen LogP contribution in [0.2, 0.25) is 0 Å². The third-order valence-corrected chi connectivity index (χ3v) is 7.77. The molecule has 3 aliphatic heterocycles. The summed E-state index contributed by atoms with van der Waals surface area (Å²) in [6.45, 7) is 5.91. The molecule has 8 nitrogen and oxygen atoms in total. The fourth-order valence-corrected chi connectivity index (χ4v) is 5.79. The zero-order valence-electron chi connectivity index (χ0n) is 21.0. The molecule has 6 rings (SSSR count). The van der Waals surface area contributed by atoms with Crippen LogP contribution in [0, 0.1) is 5.92 Å². The molecule has 3 aliphatic rings. The van der Waals surface area contributed by atoms with E-state index < -0.39 is 0 Å². The lowest BCUT2D eigenvalue weighted by Gasteiger charge is -2.27. The van der Waals surface area contributed by atoms with Crippen LogP contribution < -0.4 is 19.7 Å². The smallest absolute Gasteiger partial charge is 0.225 e. The minimum Gasteiger partial charge on any atom is -0.486 e. The zero-order valence-corrected chi connectivity index (χ0v) is 21.0. The highest BCUT2D eigenvalue weighted by Crippen LogP contribution is 2.31. The number of nitrogens with one attached hydrogen (secondary N) is 1. The summed E-state index contributed by atoms with van der Waals surface area (Å²) >= 11 is 0. The second kappa shape index (κ2) is 10.0. The minimum absolute atomic E-state index is 0.00595. The number of anilines is 1. The van der Waals surface area contributed by atoms with Gasteiger partial charge in [0.1, 0.15) is 13.2 Å². The van der Waals surface area contributed by atoms with E-state index in [0.29, 0.717) is 13.2 Å². The maximum absolute atomic E-state index is 13.4. The van der Waals surface area contributed by atoms with E-state index >= 15 is 0 Å². The Bertz CT molecular complexity index is 1240. The van der Waals surface area contributed by atoms with E-state index in [0.717, 1.165) is 73.7 Å². The molecule has 190 valence electrons. The van der Waals surface area contributed by atoms with E-state index in [-0.39, 0.29) is 17.9 Å². The highest BCUT2D eigenvalue weighted by molar-refractivity contribution is 5.84. The fourth-order valence-electron chi connectivity index (χ4n) is 5.79. The first-order valence-electron chi connectivity index (χ1n) is 13.2. The van der Waals surface area contributed by atoms with Crippen molar-refractivity contribution in [2.24, 2.45) is 13.0 Å². The molecule has 2 aromatic carbocycles. The molecule has 0 spiro atoms. The van der Waals surface area contributed by atoms with Gasteiger partial charge in [0, 0.05) is 43.8 Å². The van der Waals surface area contributed by atoms with Gasteiger partial charge in [-0.3, -0.25) is 9.48 Å². The van der Waals surface area contributed by atoms with Crippen LogP contribution in [0.3, 0.4) is 0 Å². The average Bonchev–Trinajstić information content (AvgIpc) is 3.66. The lowest BCUT2D eigenvalue weighted by Crippen LogP contribution is -2.46. The Kier molecular flexibility index (Phi) is 6.44. The summed E-state index contributed by atoms with van der Waals surface area (Å²) < 4.78 is 13.4. The molecule has 2 fully saturated rings. The average molecular weight is 490 g/mol. The quantitative estimate of drug-likeness (QED) is 0.550. The van der Waals surface area contributed by atoms with Gasteiger partial charge in [-0.05, 0) is 74.7 Å². The van der Waals surface area contributed by atoms with E-state index in [4.69, 9.17) is 9.47 Å². The van der Waals surface area contributed by atoms with Crippen LogP contribution >= 0.6 is 0 Å². The van der Waals surface area contributed by atoms with Crippen LogP contribution in [0.25, 0.3) is 10.9 Å². The molecule has 4 heterocycles. The van der Waals surface area contributed by atoms with Crippen LogP contribution in [0.15, 0.2) is 42.6 Å². The molecule has 0 radical (unpaired) electrons. The number of aromatic nitrogens is 2. The Balaban J connectivity index is 1.13. The standard InChI is InChI=1S/C28H35N5O3/c1-31-25-16-24(6-5-21(25)17-29-31)33-11-8-22(18-33)28(34)30-23(19-32-9-2-3-10-32)14-20-4-7-26-27(15-20)36-13-12-35-26/h4-7,15-17,22-23H,2-3,8-14,18-19H2,1H3,(H,30,34).